The van der Waals surface area contributed by atoms with Crippen molar-refractivity contribution in [2.45, 2.75) is 6.54 Å². The van der Waals surface area contributed by atoms with Crippen molar-refractivity contribution in [2.75, 3.05) is 12.4 Å². The molecule has 0 atom stereocenters. The number of aromatic nitrogens is 4. The minimum Gasteiger partial charge on any atom is -0.373 e. The molecule has 0 radical (unpaired) electrons. The normalized spacial score (nSPS) is 11.1. The van der Waals surface area contributed by atoms with E-state index in [1.54, 1.807) is 6.20 Å². The Hall–Kier alpha value is -3.93. The number of benzene rings is 2. The third kappa shape index (κ3) is 3.14. The molecule has 0 saturated heterocycles. The van der Waals surface area contributed by atoms with E-state index in [0.29, 0.717) is 17.5 Å². The van der Waals surface area contributed by atoms with E-state index < -0.39 is 0 Å². The number of hydrogen-bond donors (Lipinski definition) is 1. The second kappa shape index (κ2) is 7.24. The maximum Gasteiger partial charge on any atom is 0.260 e. The lowest BCUT2D eigenvalue weighted by Crippen LogP contribution is -1.97. The third-order valence-corrected chi connectivity index (χ3v) is 4.93. The lowest BCUT2D eigenvalue weighted by molar-refractivity contribution is 0.432. The highest BCUT2D eigenvalue weighted by Gasteiger charge is 2.18. The quantitative estimate of drug-likeness (QED) is 0.472. The van der Waals surface area contributed by atoms with Gasteiger partial charge in [0.2, 0.25) is 5.82 Å². The zero-order chi connectivity index (χ0) is 19.6. The average Bonchev–Trinajstić information content (AvgIpc) is 3.40. The van der Waals surface area contributed by atoms with Gasteiger partial charge in [-0.05, 0) is 23.8 Å². The molecule has 2 aromatic carbocycles. The Morgan fingerprint density at radius 3 is 2.62 bits per heavy atom. The van der Waals surface area contributed by atoms with Crippen molar-refractivity contribution >= 4 is 16.7 Å². The molecule has 5 aromatic rings. The fourth-order valence-electron chi connectivity index (χ4n) is 3.56. The van der Waals surface area contributed by atoms with Crippen molar-refractivity contribution in [1.82, 2.24) is 19.7 Å². The summed E-state index contributed by atoms with van der Waals surface area (Å²) in [6.45, 7) is 0.773. The molecule has 0 unspecified atom stereocenters. The first-order valence-electron chi connectivity index (χ1n) is 9.42. The molecule has 1 N–H and O–H groups in total. The molecule has 3 aromatic heterocycles. The van der Waals surface area contributed by atoms with Crippen molar-refractivity contribution in [3.05, 3.63) is 84.7 Å². The number of rotatable bonds is 5. The standard InChI is InChI=1S/C23H19N5O/c1-24-21-18(11-7-13-25-21)22-26-23(29-27-22)19-15-28(14-16-8-3-2-4-9-16)20-12-6-5-10-17(19)20/h2-13,15H,14H2,1H3,(H,24,25). The highest BCUT2D eigenvalue weighted by molar-refractivity contribution is 5.94. The van der Waals surface area contributed by atoms with Gasteiger partial charge in [0, 0.05) is 36.9 Å². The van der Waals surface area contributed by atoms with Gasteiger partial charge in [0.1, 0.15) is 5.82 Å². The molecular formula is C23H19N5O. The van der Waals surface area contributed by atoms with E-state index in [-0.39, 0.29) is 0 Å². The molecule has 0 saturated carbocycles. The van der Waals surface area contributed by atoms with Crippen LogP contribution in [0.1, 0.15) is 5.56 Å². The van der Waals surface area contributed by atoms with Crippen LogP contribution in [-0.2, 0) is 6.54 Å². The van der Waals surface area contributed by atoms with E-state index in [2.05, 4.69) is 67.6 Å². The van der Waals surface area contributed by atoms with Crippen molar-refractivity contribution in [3.63, 3.8) is 0 Å². The number of nitrogens with one attached hydrogen (secondary N) is 1. The number of nitrogens with zero attached hydrogens (tertiary/aromatic N) is 4. The van der Waals surface area contributed by atoms with Crippen LogP contribution in [0.4, 0.5) is 5.82 Å². The second-order valence-corrected chi connectivity index (χ2v) is 6.75. The molecule has 142 valence electrons. The van der Waals surface area contributed by atoms with Gasteiger partial charge in [0.15, 0.2) is 0 Å². The van der Waals surface area contributed by atoms with Gasteiger partial charge >= 0.3 is 0 Å². The van der Waals surface area contributed by atoms with Gasteiger partial charge in [0.05, 0.1) is 11.1 Å². The van der Waals surface area contributed by atoms with Crippen molar-refractivity contribution in [2.24, 2.45) is 0 Å². The van der Waals surface area contributed by atoms with Crippen molar-refractivity contribution in [1.29, 1.82) is 0 Å². The third-order valence-electron chi connectivity index (χ3n) is 4.93. The van der Waals surface area contributed by atoms with E-state index in [0.717, 1.165) is 28.6 Å². The Balaban J connectivity index is 1.59. The molecule has 6 heteroatoms. The topological polar surface area (TPSA) is 68.8 Å². The fraction of sp³-hybridized carbons (Fsp3) is 0.0870. The van der Waals surface area contributed by atoms with E-state index in [4.69, 9.17) is 4.52 Å². The Morgan fingerprint density at radius 1 is 0.931 bits per heavy atom. The number of hydrogen-bond acceptors (Lipinski definition) is 5. The summed E-state index contributed by atoms with van der Waals surface area (Å²) in [5, 5.41) is 8.35. The Bertz CT molecular complexity index is 1270. The van der Waals surface area contributed by atoms with Crippen LogP contribution in [0.2, 0.25) is 0 Å². The minimum absolute atomic E-state index is 0.494. The van der Waals surface area contributed by atoms with Gasteiger partial charge in [-0.1, -0.05) is 53.7 Å². The van der Waals surface area contributed by atoms with Gasteiger partial charge in [0.25, 0.3) is 5.89 Å². The molecule has 0 bridgehead atoms. The van der Waals surface area contributed by atoms with Gasteiger partial charge in [-0.25, -0.2) is 4.98 Å². The monoisotopic (exact) mass is 381 g/mol. The maximum absolute atomic E-state index is 5.65. The van der Waals surface area contributed by atoms with Gasteiger partial charge in [-0.2, -0.15) is 4.98 Å². The SMILES string of the molecule is CNc1ncccc1-c1noc(-c2cn(Cc3ccccc3)c3ccccc23)n1. The number of anilines is 1. The highest BCUT2D eigenvalue weighted by atomic mass is 16.5. The molecule has 0 spiro atoms. The van der Waals surface area contributed by atoms with Gasteiger partial charge in [-0.3, -0.25) is 0 Å². The van der Waals surface area contributed by atoms with Crippen LogP contribution in [0.25, 0.3) is 33.7 Å². The molecule has 0 fully saturated rings. The average molecular weight is 381 g/mol. The highest BCUT2D eigenvalue weighted by Crippen LogP contribution is 2.32. The van der Waals surface area contributed by atoms with Crippen LogP contribution in [0, 0.1) is 0 Å². The Kier molecular flexibility index (Phi) is 4.29. The molecular weight excluding hydrogens is 362 g/mol. The second-order valence-electron chi connectivity index (χ2n) is 6.75. The van der Waals surface area contributed by atoms with Crippen molar-refractivity contribution < 1.29 is 4.52 Å². The van der Waals surface area contributed by atoms with Crippen LogP contribution in [0.5, 0.6) is 0 Å². The summed E-state index contributed by atoms with van der Waals surface area (Å²) in [6.07, 6.45) is 3.81. The molecule has 5 rings (SSSR count). The van der Waals surface area contributed by atoms with Crippen LogP contribution in [-0.4, -0.2) is 26.7 Å². The molecule has 0 aliphatic rings. The summed E-state index contributed by atoms with van der Waals surface area (Å²) in [5.74, 6) is 1.72. The Morgan fingerprint density at radius 2 is 1.76 bits per heavy atom. The first-order chi connectivity index (χ1) is 14.3. The zero-order valence-corrected chi connectivity index (χ0v) is 15.9. The number of pyridine rings is 1. The summed E-state index contributed by atoms with van der Waals surface area (Å²) in [5.41, 5.74) is 4.09. The molecule has 0 aliphatic carbocycles. The molecule has 0 amide bonds. The van der Waals surface area contributed by atoms with Gasteiger partial charge in [-0.15, -0.1) is 0 Å². The molecule has 3 heterocycles. The van der Waals surface area contributed by atoms with Crippen LogP contribution in [0.3, 0.4) is 0 Å². The molecule has 0 aliphatic heterocycles. The minimum atomic E-state index is 0.494. The smallest absolute Gasteiger partial charge is 0.260 e. The summed E-state index contributed by atoms with van der Waals surface area (Å²) in [6, 6.07) is 22.4. The lowest BCUT2D eigenvalue weighted by Gasteiger charge is -2.05. The predicted octanol–water partition coefficient (Wildman–Crippen LogP) is 4.84. The zero-order valence-electron chi connectivity index (χ0n) is 15.9. The summed E-state index contributed by atoms with van der Waals surface area (Å²) < 4.78 is 7.86. The summed E-state index contributed by atoms with van der Waals surface area (Å²) in [7, 11) is 1.82. The predicted molar refractivity (Wildman–Crippen MR) is 114 cm³/mol. The van der Waals surface area contributed by atoms with E-state index in [1.165, 1.54) is 5.56 Å². The number of para-hydroxylation sites is 1. The van der Waals surface area contributed by atoms with Crippen LogP contribution < -0.4 is 5.32 Å². The maximum atomic E-state index is 5.65. The van der Waals surface area contributed by atoms with Crippen molar-refractivity contribution in [3.8, 4) is 22.8 Å². The number of fused-ring (bicyclic) bond motifs is 1. The first-order valence-corrected chi connectivity index (χ1v) is 9.42. The fourth-order valence-corrected chi connectivity index (χ4v) is 3.56. The lowest BCUT2D eigenvalue weighted by atomic mass is 10.2. The summed E-state index contributed by atoms with van der Waals surface area (Å²) >= 11 is 0. The largest absolute Gasteiger partial charge is 0.373 e. The summed E-state index contributed by atoms with van der Waals surface area (Å²) in [4.78, 5) is 8.98. The van der Waals surface area contributed by atoms with E-state index in [9.17, 15) is 0 Å². The van der Waals surface area contributed by atoms with Crippen LogP contribution in [0.15, 0.2) is 83.6 Å². The van der Waals surface area contributed by atoms with Gasteiger partial charge < -0.3 is 14.4 Å². The first kappa shape index (κ1) is 17.2. The van der Waals surface area contributed by atoms with Crippen LogP contribution >= 0.6 is 0 Å². The Labute approximate surface area is 167 Å². The molecule has 6 nitrogen and oxygen atoms in total. The molecule has 29 heavy (non-hydrogen) atoms. The van der Waals surface area contributed by atoms with E-state index in [1.807, 2.05) is 37.4 Å². The van der Waals surface area contributed by atoms with E-state index >= 15 is 0 Å².